The van der Waals surface area contributed by atoms with Gasteiger partial charge in [0.1, 0.15) is 0 Å². The molecule has 86 valence electrons. The summed E-state index contributed by atoms with van der Waals surface area (Å²) in [7, 11) is 2.03. The van der Waals surface area contributed by atoms with Crippen molar-refractivity contribution in [3.63, 3.8) is 0 Å². The van der Waals surface area contributed by atoms with Gasteiger partial charge in [-0.1, -0.05) is 29.8 Å². The zero-order valence-electron chi connectivity index (χ0n) is 10.2. The van der Waals surface area contributed by atoms with Crippen LogP contribution >= 0.6 is 15.9 Å². The molecule has 0 aliphatic carbocycles. The maximum Gasteiger partial charge on any atom is 0.0596 e. The van der Waals surface area contributed by atoms with Gasteiger partial charge in [-0.3, -0.25) is 4.68 Å². The molecule has 0 radical (unpaired) electrons. The van der Waals surface area contributed by atoms with Gasteiger partial charge in [-0.25, -0.2) is 0 Å². The van der Waals surface area contributed by atoms with Crippen molar-refractivity contribution in [2.75, 3.05) is 5.33 Å². The summed E-state index contributed by atoms with van der Waals surface area (Å²) in [4.78, 5) is 0. The minimum Gasteiger partial charge on any atom is -0.272 e. The normalized spacial score (nSPS) is 12.1. The van der Waals surface area contributed by atoms with Gasteiger partial charge in [0.25, 0.3) is 0 Å². The lowest BCUT2D eigenvalue weighted by Gasteiger charge is -2.29. The number of rotatable bonds is 5. The quantitative estimate of drug-likeness (QED) is 0.751. The van der Waals surface area contributed by atoms with E-state index >= 15 is 0 Å². The molecule has 0 atom stereocenters. The standard InChI is InChI=1S/C12H21BrN2/c1-5-12(6-2,9-13)8-11-7-10(3)14-15(11)4/h7H,5-6,8-9H2,1-4H3. The topological polar surface area (TPSA) is 17.8 Å². The fraction of sp³-hybridized carbons (Fsp3) is 0.750. The second kappa shape index (κ2) is 5.15. The first-order valence-corrected chi connectivity index (χ1v) is 6.74. The number of aromatic nitrogens is 2. The van der Waals surface area contributed by atoms with Gasteiger partial charge < -0.3 is 0 Å². The molecule has 0 amide bonds. The molecule has 0 aliphatic rings. The summed E-state index contributed by atoms with van der Waals surface area (Å²) >= 11 is 3.65. The molecule has 1 rings (SSSR count). The lowest BCUT2D eigenvalue weighted by Crippen LogP contribution is -2.25. The molecule has 15 heavy (non-hydrogen) atoms. The molecule has 0 saturated carbocycles. The van der Waals surface area contributed by atoms with Crippen molar-refractivity contribution >= 4 is 15.9 Å². The van der Waals surface area contributed by atoms with Crippen molar-refractivity contribution in [3.8, 4) is 0 Å². The number of hydrogen-bond acceptors (Lipinski definition) is 1. The fourth-order valence-corrected chi connectivity index (χ4v) is 2.94. The molecule has 1 heterocycles. The Kier molecular flexibility index (Phi) is 4.38. The molecule has 0 saturated heterocycles. The smallest absolute Gasteiger partial charge is 0.0596 e. The zero-order valence-corrected chi connectivity index (χ0v) is 11.8. The Morgan fingerprint density at radius 2 is 2.00 bits per heavy atom. The molecular formula is C12H21BrN2. The monoisotopic (exact) mass is 272 g/mol. The van der Waals surface area contributed by atoms with Crippen LogP contribution in [0.1, 0.15) is 38.1 Å². The van der Waals surface area contributed by atoms with E-state index in [1.54, 1.807) is 0 Å². The van der Waals surface area contributed by atoms with Crippen LogP contribution in [0, 0.1) is 12.3 Å². The zero-order chi connectivity index (χ0) is 11.5. The van der Waals surface area contributed by atoms with Crippen molar-refractivity contribution in [1.82, 2.24) is 9.78 Å². The van der Waals surface area contributed by atoms with Crippen LogP contribution in [0.4, 0.5) is 0 Å². The van der Waals surface area contributed by atoms with E-state index in [2.05, 4.69) is 47.9 Å². The van der Waals surface area contributed by atoms with Crippen LogP contribution in [0.5, 0.6) is 0 Å². The summed E-state index contributed by atoms with van der Waals surface area (Å²) in [6.45, 7) is 6.60. The third kappa shape index (κ3) is 2.83. The minimum absolute atomic E-state index is 0.389. The Morgan fingerprint density at radius 3 is 2.33 bits per heavy atom. The van der Waals surface area contributed by atoms with Crippen LogP contribution in [0.25, 0.3) is 0 Å². The fourth-order valence-electron chi connectivity index (χ4n) is 1.95. The van der Waals surface area contributed by atoms with Crippen molar-refractivity contribution in [3.05, 3.63) is 17.5 Å². The van der Waals surface area contributed by atoms with E-state index in [9.17, 15) is 0 Å². The first kappa shape index (κ1) is 12.8. The van der Waals surface area contributed by atoms with Gasteiger partial charge in [-0.2, -0.15) is 5.10 Å². The second-order valence-corrected chi connectivity index (χ2v) is 4.98. The number of aryl methyl sites for hydroxylation is 2. The summed E-state index contributed by atoms with van der Waals surface area (Å²) in [5, 5.41) is 5.47. The molecule has 0 aromatic carbocycles. The van der Waals surface area contributed by atoms with Gasteiger partial charge >= 0.3 is 0 Å². The molecule has 0 fully saturated rings. The molecule has 1 aromatic rings. The predicted octanol–water partition coefficient (Wildman–Crippen LogP) is 3.47. The highest BCUT2D eigenvalue weighted by Gasteiger charge is 2.26. The second-order valence-electron chi connectivity index (χ2n) is 4.42. The van der Waals surface area contributed by atoms with Crippen molar-refractivity contribution in [1.29, 1.82) is 0 Å². The molecular weight excluding hydrogens is 252 g/mol. The highest BCUT2D eigenvalue weighted by atomic mass is 79.9. The number of hydrogen-bond donors (Lipinski definition) is 0. The average molecular weight is 273 g/mol. The minimum atomic E-state index is 0.389. The molecule has 0 spiro atoms. The molecule has 3 heteroatoms. The summed E-state index contributed by atoms with van der Waals surface area (Å²) in [5.74, 6) is 0. The first-order valence-electron chi connectivity index (χ1n) is 5.62. The van der Waals surface area contributed by atoms with E-state index in [-0.39, 0.29) is 0 Å². The van der Waals surface area contributed by atoms with Crippen LogP contribution in [0.2, 0.25) is 0 Å². The molecule has 0 aliphatic heterocycles. The SMILES string of the molecule is CCC(CC)(CBr)Cc1cc(C)nn1C. The van der Waals surface area contributed by atoms with E-state index in [4.69, 9.17) is 0 Å². The number of nitrogens with zero attached hydrogens (tertiary/aromatic N) is 2. The van der Waals surface area contributed by atoms with E-state index in [1.165, 1.54) is 18.5 Å². The largest absolute Gasteiger partial charge is 0.272 e. The molecule has 1 aromatic heterocycles. The highest BCUT2D eigenvalue weighted by molar-refractivity contribution is 9.09. The maximum atomic E-state index is 4.40. The van der Waals surface area contributed by atoms with E-state index < -0.39 is 0 Å². The third-order valence-corrected chi connectivity index (χ3v) is 4.63. The Bertz CT molecular complexity index is 305. The van der Waals surface area contributed by atoms with Crippen LogP contribution < -0.4 is 0 Å². The molecule has 0 N–H and O–H groups in total. The van der Waals surface area contributed by atoms with Crippen LogP contribution in [-0.4, -0.2) is 15.1 Å². The average Bonchev–Trinajstić information content (AvgIpc) is 2.54. The lowest BCUT2D eigenvalue weighted by atomic mass is 9.80. The number of alkyl halides is 1. The predicted molar refractivity (Wildman–Crippen MR) is 68.5 cm³/mol. The van der Waals surface area contributed by atoms with Gasteiger partial charge in [0, 0.05) is 18.1 Å². The Hall–Kier alpha value is -0.310. The van der Waals surface area contributed by atoms with E-state index in [0.29, 0.717) is 5.41 Å². The van der Waals surface area contributed by atoms with Gasteiger partial charge in [0.15, 0.2) is 0 Å². The summed E-state index contributed by atoms with van der Waals surface area (Å²) in [5.41, 5.74) is 2.85. The van der Waals surface area contributed by atoms with Gasteiger partial charge in [0.05, 0.1) is 5.69 Å². The number of halogens is 1. The van der Waals surface area contributed by atoms with Gasteiger partial charge in [-0.15, -0.1) is 0 Å². The lowest BCUT2D eigenvalue weighted by molar-refractivity contribution is 0.299. The molecule has 2 nitrogen and oxygen atoms in total. The summed E-state index contributed by atoms with van der Waals surface area (Å²) in [6.07, 6.45) is 3.53. The van der Waals surface area contributed by atoms with Crippen LogP contribution in [0.15, 0.2) is 6.07 Å². The summed E-state index contributed by atoms with van der Waals surface area (Å²) < 4.78 is 2.01. The van der Waals surface area contributed by atoms with Gasteiger partial charge in [0.2, 0.25) is 0 Å². The van der Waals surface area contributed by atoms with E-state index in [0.717, 1.165) is 17.4 Å². The van der Waals surface area contributed by atoms with Crippen molar-refractivity contribution in [2.45, 2.75) is 40.0 Å². The Labute approximate surface area is 101 Å². The van der Waals surface area contributed by atoms with E-state index in [1.807, 2.05) is 11.7 Å². The maximum absolute atomic E-state index is 4.40. The first-order chi connectivity index (χ1) is 7.06. The highest BCUT2D eigenvalue weighted by Crippen LogP contribution is 2.32. The third-order valence-electron chi connectivity index (χ3n) is 3.44. The Balaban J connectivity index is 2.87. The van der Waals surface area contributed by atoms with Crippen molar-refractivity contribution in [2.24, 2.45) is 12.5 Å². The summed E-state index contributed by atoms with van der Waals surface area (Å²) in [6, 6.07) is 2.20. The van der Waals surface area contributed by atoms with Gasteiger partial charge in [-0.05, 0) is 37.7 Å². The van der Waals surface area contributed by atoms with Crippen molar-refractivity contribution < 1.29 is 0 Å². The molecule has 0 bridgehead atoms. The van der Waals surface area contributed by atoms with Crippen LogP contribution in [-0.2, 0) is 13.5 Å². The molecule has 0 unspecified atom stereocenters. The van der Waals surface area contributed by atoms with Crippen LogP contribution in [0.3, 0.4) is 0 Å². The Morgan fingerprint density at radius 1 is 1.40 bits per heavy atom.